The van der Waals surface area contributed by atoms with Gasteiger partial charge in [0.1, 0.15) is 11.3 Å². The van der Waals surface area contributed by atoms with Crippen molar-refractivity contribution >= 4 is 55.9 Å². The molecule has 0 bridgehead atoms. The first kappa shape index (κ1) is 15.3. The van der Waals surface area contributed by atoms with Gasteiger partial charge in [0.15, 0.2) is 5.13 Å². The van der Waals surface area contributed by atoms with Crippen LogP contribution in [0.2, 0.25) is 10.0 Å². The highest BCUT2D eigenvalue weighted by molar-refractivity contribution is 7.22. The van der Waals surface area contributed by atoms with E-state index in [4.69, 9.17) is 27.6 Å². The fourth-order valence-corrected chi connectivity index (χ4v) is 3.46. The molecule has 0 unspecified atom stereocenters. The molecule has 120 valence electrons. The second kappa shape index (κ2) is 6.01. The fourth-order valence-electron chi connectivity index (χ4n) is 2.11. The highest BCUT2D eigenvalue weighted by Gasteiger charge is 2.14. The maximum Gasteiger partial charge on any atom is 0.322 e. The predicted octanol–water partition coefficient (Wildman–Crippen LogP) is 5.54. The number of nitrogens with zero attached hydrogens (tertiary/aromatic N) is 3. The summed E-state index contributed by atoms with van der Waals surface area (Å²) >= 11 is 13.3. The number of aromatic nitrogens is 3. The monoisotopic (exact) mass is 380 g/mol. The Morgan fingerprint density at radius 3 is 2.79 bits per heavy atom. The normalized spacial score (nSPS) is 11.1. The van der Waals surface area contributed by atoms with Crippen molar-refractivity contribution < 1.29 is 8.81 Å². The van der Waals surface area contributed by atoms with Crippen LogP contribution < -0.4 is 5.32 Å². The maximum atomic E-state index is 13.7. The lowest BCUT2D eigenvalue weighted by atomic mass is 10.2. The summed E-state index contributed by atoms with van der Waals surface area (Å²) in [6, 6.07) is 9.87. The van der Waals surface area contributed by atoms with E-state index in [0.29, 0.717) is 26.3 Å². The van der Waals surface area contributed by atoms with Crippen LogP contribution in [0, 0.1) is 5.82 Å². The van der Waals surface area contributed by atoms with Crippen molar-refractivity contribution in [3.63, 3.8) is 0 Å². The molecule has 2 aromatic carbocycles. The van der Waals surface area contributed by atoms with E-state index in [9.17, 15) is 4.39 Å². The number of hydrogen-bond acceptors (Lipinski definition) is 6. The summed E-state index contributed by atoms with van der Waals surface area (Å²) in [4.78, 5) is 4.18. The van der Waals surface area contributed by atoms with Gasteiger partial charge in [-0.15, -0.1) is 5.10 Å². The third kappa shape index (κ3) is 2.82. The Morgan fingerprint density at radius 2 is 2.00 bits per heavy atom. The molecule has 0 spiro atoms. The molecule has 0 saturated heterocycles. The molecule has 0 fully saturated rings. The van der Waals surface area contributed by atoms with Crippen LogP contribution in [0.15, 0.2) is 40.8 Å². The summed E-state index contributed by atoms with van der Waals surface area (Å²) in [6.45, 7) is 0. The third-order valence-corrected chi connectivity index (χ3v) is 4.65. The first-order chi connectivity index (χ1) is 11.6. The molecule has 0 aliphatic heterocycles. The average molecular weight is 381 g/mol. The number of nitrogens with one attached hydrogen (secondary N) is 1. The van der Waals surface area contributed by atoms with Gasteiger partial charge in [0, 0.05) is 5.02 Å². The number of halogens is 3. The number of fused-ring (bicyclic) bond motifs is 1. The van der Waals surface area contributed by atoms with Crippen LogP contribution in [0.1, 0.15) is 0 Å². The summed E-state index contributed by atoms with van der Waals surface area (Å²) in [7, 11) is 0. The van der Waals surface area contributed by atoms with E-state index >= 15 is 0 Å². The van der Waals surface area contributed by atoms with Gasteiger partial charge in [0.05, 0.1) is 15.3 Å². The Kier molecular flexibility index (Phi) is 3.84. The van der Waals surface area contributed by atoms with Gasteiger partial charge in [-0.3, -0.25) is 5.32 Å². The van der Waals surface area contributed by atoms with E-state index in [1.165, 1.54) is 17.4 Å². The minimum atomic E-state index is -0.379. The van der Waals surface area contributed by atoms with Gasteiger partial charge in [-0.05, 0) is 30.3 Å². The van der Waals surface area contributed by atoms with Crippen LogP contribution in [0.4, 0.5) is 15.5 Å². The molecule has 0 atom stereocenters. The smallest absolute Gasteiger partial charge is 0.322 e. The van der Waals surface area contributed by atoms with E-state index in [-0.39, 0.29) is 17.7 Å². The summed E-state index contributed by atoms with van der Waals surface area (Å²) in [5.74, 6) is -0.137. The summed E-state index contributed by atoms with van der Waals surface area (Å²) in [5, 5.41) is 12.1. The lowest BCUT2D eigenvalue weighted by Crippen LogP contribution is -1.89. The molecular weight excluding hydrogens is 374 g/mol. The molecule has 4 rings (SSSR count). The molecule has 1 N–H and O–H groups in total. The highest BCUT2D eigenvalue weighted by atomic mass is 35.5. The molecule has 0 aliphatic rings. The molecule has 0 radical (unpaired) electrons. The Morgan fingerprint density at radius 1 is 1.12 bits per heavy atom. The number of anilines is 2. The van der Waals surface area contributed by atoms with E-state index in [2.05, 4.69) is 20.5 Å². The van der Waals surface area contributed by atoms with Crippen molar-refractivity contribution in [3.8, 4) is 11.5 Å². The Labute approximate surface area is 149 Å². The molecule has 4 aromatic rings. The van der Waals surface area contributed by atoms with E-state index in [0.717, 1.165) is 4.70 Å². The van der Waals surface area contributed by atoms with Crippen molar-refractivity contribution in [2.24, 2.45) is 0 Å². The minimum Gasteiger partial charge on any atom is -0.403 e. The lowest BCUT2D eigenvalue weighted by Gasteiger charge is -1.99. The van der Waals surface area contributed by atoms with Crippen LogP contribution >= 0.6 is 34.5 Å². The van der Waals surface area contributed by atoms with Gasteiger partial charge in [0.25, 0.3) is 5.89 Å². The quantitative estimate of drug-likeness (QED) is 0.505. The number of rotatable bonds is 3. The van der Waals surface area contributed by atoms with Crippen LogP contribution in [-0.4, -0.2) is 15.2 Å². The number of hydrogen-bond donors (Lipinski definition) is 1. The Balaban J connectivity index is 1.63. The predicted molar refractivity (Wildman–Crippen MR) is 92.6 cm³/mol. The maximum absolute atomic E-state index is 13.7. The zero-order valence-electron chi connectivity index (χ0n) is 11.8. The number of benzene rings is 2. The van der Waals surface area contributed by atoms with Gasteiger partial charge in [-0.1, -0.05) is 45.7 Å². The first-order valence-electron chi connectivity index (χ1n) is 6.71. The van der Waals surface area contributed by atoms with Gasteiger partial charge in [-0.2, -0.15) is 0 Å². The van der Waals surface area contributed by atoms with E-state index in [1.54, 1.807) is 30.3 Å². The number of para-hydroxylation sites is 1. The molecule has 0 aliphatic carbocycles. The molecule has 24 heavy (non-hydrogen) atoms. The molecular formula is C15H7Cl2FN4OS. The van der Waals surface area contributed by atoms with E-state index < -0.39 is 0 Å². The third-order valence-electron chi connectivity index (χ3n) is 3.17. The van der Waals surface area contributed by atoms with Crippen molar-refractivity contribution in [1.29, 1.82) is 0 Å². The fraction of sp³-hybridized carbons (Fsp3) is 0. The average Bonchev–Trinajstić information content (AvgIpc) is 3.15. The topological polar surface area (TPSA) is 63.8 Å². The molecule has 2 heterocycles. The standard InChI is InChI=1S/C15H7Cl2FN4OS/c16-7-4-5-8(9(17)6-7)13-21-22-14(23-13)20-15-19-12-10(18)2-1-3-11(12)24-15/h1-6H,(H,19,20,22). The molecule has 2 aromatic heterocycles. The van der Waals surface area contributed by atoms with Gasteiger partial charge < -0.3 is 4.42 Å². The SMILES string of the molecule is Fc1cccc2sc(Nc3nnc(-c4ccc(Cl)cc4Cl)o3)nc12. The van der Waals surface area contributed by atoms with Crippen molar-refractivity contribution in [3.05, 3.63) is 52.3 Å². The van der Waals surface area contributed by atoms with Crippen LogP contribution in [0.5, 0.6) is 0 Å². The van der Waals surface area contributed by atoms with Crippen LogP contribution in [-0.2, 0) is 0 Å². The van der Waals surface area contributed by atoms with Crippen molar-refractivity contribution in [2.45, 2.75) is 0 Å². The van der Waals surface area contributed by atoms with Crippen LogP contribution in [0.25, 0.3) is 21.7 Å². The van der Waals surface area contributed by atoms with Gasteiger partial charge in [0.2, 0.25) is 0 Å². The summed E-state index contributed by atoms with van der Waals surface area (Å²) in [6.07, 6.45) is 0. The highest BCUT2D eigenvalue weighted by Crippen LogP contribution is 2.32. The molecule has 0 saturated carbocycles. The van der Waals surface area contributed by atoms with Crippen LogP contribution in [0.3, 0.4) is 0 Å². The minimum absolute atomic E-state index is 0.135. The lowest BCUT2D eigenvalue weighted by molar-refractivity contribution is 0.587. The Hall–Kier alpha value is -2.22. The second-order valence-corrected chi connectivity index (χ2v) is 6.64. The second-order valence-electron chi connectivity index (χ2n) is 4.77. The van der Waals surface area contributed by atoms with Crippen molar-refractivity contribution in [2.75, 3.05) is 5.32 Å². The molecule has 9 heteroatoms. The zero-order valence-corrected chi connectivity index (χ0v) is 14.1. The Bertz CT molecular complexity index is 1050. The molecule has 0 amide bonds. The molecule has 5 nitrogen and oxygen atoms in total. The zero-order chi connectivity index (χ0) is 16.7. The van der Waals surface area contributed by atoms with Crippen molar-refractivity contribution in [1.82, 2.24) is 15.2 Å². The summed E-state index contributed by atoms with van der Waals surface area (Å²) in [5.41, 5.74) is 0.863. The largest absolute Gasteiger partial charge is 0.403 e. The van der Waals surface area contributed by atoms with E-state index in [1.807, 2.05) is 0 Å². The number of thiazole rings is 1. The van der Waals surface area contributed by atoms with Gasteiger partial charge in [-0.25, -0.2) is 9.37 Å². The van der Waals surface area contributed by atoms with Gasteiger partial charge >= 0.3 is 6.01 Å². The first-order valence-corrected chi connectivity index (χ1v) is 8.28. The summed E-state index contributed by atoms with van der Waals surface area (Å²) < 4.78 is 19.9.